The number of alkyl halides is 3. The van der Waals surface area contributed by atoms with Crippen LogP contribution in [0.15, 0.2) is 66.9 Å². The van der Waals surface area contributed by atoms with Crippen molar-refractivity contribution in [1.82, 2.24) is 10.3 Å². The van der Waals surface area contributed by atoms with Gasteiger partial charge in [0.25, 0.3) is 0 Å². The third-order valence-corrected chi connectivity index (χ3v) is 8.78. The molecule has 2 heterocycles. The number of carbonyl (C=O) groups excluding carboxylic acids is 1. The largest absolute Gasteiger partial charge is 0.416 e. The minimum absolute atomic E-state index is 0.215. The molecule has 1 aromatic heterocycles. The molecular formula is C31H34F3N5O. The lowest BCUT2D eigenvalue weighted by atomic mass is 9.89. The van der Waals surface area contributed by atoms with Gasteiger partial charge in [0.1, 0.15) is 5.82 Å². The van der Waals surface area contributed by atoms with Crippen LogP contribution in [0, 0.1) is 5.92 Å². The van der Waals surface area contributed by atoms with E-state index in [2.05, 4.69) is 20.5 Å². The summed E-state index contributed by atoms with van der Waals surface area (Å²) in [4.78, 5) is 18.5. The number of rotatable bonds is 7. The molecule has 1 aliphatic heterocycles. The van der Waals surface area contributed by atoms with Crippen molar-refractivity contribution in [2.24, 2.45) is 11.7 Å². The number of benzene rings is 2. The molecule has 0 radical (unpaired) electrons. The maximum atomic E-state index is 13.1. The number of piperidine rings is 1. The molecule has 5 atom stereocenters. The molecule has 1 amide bonds. The van der Waals surface area contributed by atoms with Gasteiger partial charge in [-0.05, 0) is 91.3 Å². The molecule has 3 aromatic rings. The topological polar surface area (TPSA) is 83.3 Å². The number of pyridine rings is 1. The first-order valence-corrected chi connectivity index (χ1v) is 14.1. The summed E-state index contributed by atoms with van der Waals surface area (Å²) in [5, 5.41) is 7.63. The normalized spacial score (nSPS) is 26.2. The van der Waals surface area contributed by atoms with Gasteiger partial charge in [0.15, 0.2) is 0 Å². The fourth-order valence-electron chi connectivity index (χ4n) is 6.85. The fourth-order valence-corrected chi connectivity index (χ4v) is 6.85. The Morgan fingerprint density at radius 2 is 1.68 bits per heavy atom. The summed E-state index contributed by atoms with van der Waals surface area (Å²) in [6, 6.07) is 17.9. The molecule has 0 unspecified atom stereocenters. The lowest BCUT2D eigenvalue weighted by Crippen LogP contribution is -2.56. The first-order chi connectivity index (χ1) is 19.2. The maximum absolute atomic E-state index is 13.1. The second kappa shape index (κ2) is 10.8. The molecule has 9 heteroatoms. The van der Waals surface area contributed by atoms with E-state index in [0.29, 0.717) is 17.5 Å². The quantitative estimate of drug-likeness (QED) is 0.345. The third kappa shape index (κ3) is 5.52. The van der Waals surface area contributed by atoms with Gasteiger partial charge in [-0.2, -0.15) is 13.2 Å². The summed E-state index contributed by atoms with van der Waals surface area (Å²) in [5.74, 6) is 0.886. The predicted octanol–water partition coefficient (Wildman–Crippen LogP) is 5.85. The average molecular weight is 550 g/mol. The van der Waals surface area contributed by atoms with Gasteiger partial charge < -0.3 is 21.3 Å². The second-order valence-electron chi connectivity index (χ2n) is 11.4. The van der Waals surface area contributed by atoms with Crippen molar-refractivity contribution >= 4 is 17.4 Å². The van der Waals surface area contributed by atoms with E-state index in [1.807, 2.05) is 24.3 Å². The summed E-state index contributed by atoms with van der Waals surface area (Å²) in [6.45, 7) is 0.897. The molecule has 1 saturated heterocycles. The molecule has 2 bridgehead atoms. The molecular weight excluding hydrogens is 515 g/mol. The average Bonchev–Trinajstić information content (AvgIpc) is 3.55. The summed E-state index contributed by atoms with van der Waals surface area (Å²) < 4.78 is 39.2. The third-order valence-electron chi connectivity index (χ3n) is 8.78. The van der Waals surface area contributed by atoms with Crippen molar-refractivity contribution in [1.29, 1.82) is 0 Å². The van der Waals surface area contributed by atoms with E-state index in [-0.39, 0.29) is 18.1 Å². The van der Waals surface area contributed by atoms with Crippen LogP contribution in [0.2, 0.25) is 0 Å². The van der Waals surface area contributed by atoms with Gasteiger partial charge in [-0.1, -0.05) is 25.0 Å². The number of carbonyl (C=O) groups is 1. The highest BCUT2D eigenvalue weighted by atomic mass is 19.4. The van der Waals surface area contributed by atoms with Gasteiger partial charge in [0.2, 0.25) is 5.91 Å². The number of anilines is 2. The first-order valence-electron chi connectivity index (χ1n) is 14.1. The maximum Gasteiger partial charge on any atom is 0.416 e. The van der Waals surface area contributed by atoms with Gasteiger partial charge in [0, 0.05) is 48.2 Å². The number of amides is 1. The van der Waals surface area contributed by atoms with Crippen molar-refractivity contribution in [3.8, 4) is 11.1 Å². The zero-order chi connectivity index (χ0) is 27.9. The van der Waals surface area contributed by atoms with E-state index in [4.69, 9.17) is 5.73 Å². The van der Waals surface area contributed by atoms with Gasteiger partial charge in [-0.15, -0.1) is 0 Å². The standard InChI is InChI=1S/C31H34F3N5O/c32-31(33,34)23-8-10-24(11-9-23)39-18-19-14-27(28(39)15-19)37-25-6-1-2-7-26(25)38-29-17-21(12-13-36-29)20-4-3-5-22(16-20)30(35)40/h3-5,8-13,16-17,19,25-28,37H,1-2,6-7,14-15,18H2,(H2,35,40)(H,36,38)/t19-,25-,26-,27+,28-/m1/s1. The Morgan fingerprint density at radius 3 is 2.40 bits per heavy atom. The van der Waals surface area contributed by atoms with Crippen LogP contribution in [-0.4, -0.2) is 41.6 Å². The van der Waals surface area contributed by atoms with Crippen molar-refractivity contribution < 1.29 is 18.0 Å². The number of nitrogens with two attached hydrogens (primary N) is 1. The minimum Gasteiger partial charge on any atom is -0.367 e. The Kier molecular flexibility index (Phi) is 7.16. The summed E-state index contributed by atoms with van der Waals surface area (Å²) in [7, 11) is 0. The highest BCUT2D eigenvalue weighted by molar-refractivity contribution is 5.94. The Bertz CT molecular complexity index is 1360. The van der Waals surface area contributed by atoms with Gasteiger partial charge in [0.05, 0.1) is 5.56 Å². The van der Waals surface area contributed by atoms with Crippen LogP contribution < -0.4 is 21.3 Å². The molecule has 210 valence electrons. The molecule has 40 heavy (non-hydrogen) atoms. The summed E-state index contributed by atoms with van der Waals surface area (Å²) >= 11 is 0. The van der Waals surface area contributed by atoms with Crippen LogP contribution in [-0.2, 0) is 6.18 Å². The van der Waals surface area contributed by atoms with Gasteiger partial charge >= 0.3 is 6.18 Å². The lowest BCUT2D eigenvalue weighted by Gasteiger charge is -2.41. The van der Waals surface area contributed by atoms with E-state index in [9.17, 15) is 18.0 Å². The van der Waals surface area contributed by atoms with Crippen LogP contribution in [0.4, 0.5) is 24.7 Å². The zero-order valence-electron chi connectivity index (χ0n) is 22.2. The Balaban J connectivity index is 1.14. The van der Waals surface area contributed by atoms with Gasteiger partial charge in [-0.3, -0.25) is 4.79 Å². The van der Waals surface area contributed by atoms with Crippen molar-refractivity contribution in [2.45, 2.75) is 68.9 Å². The van der Waals surface area contributed by atoms with E-state index >= 15 is 0 Å². The molecule has 2 saturated carbocycles. The highest BCUT2D eigenvalue weighted by Crippen LogP contribution is 2.42. The number of primary amides is 1. The molecule has 4 N–H and O–H groups in total. The van der Waals surface area contributed by atoms with E-state index in [1.165, 1.54) is 12.1 Å². The van der Waals surface area contributed by atoms with Crippen LogP contribution >= 0.6 is 0 Å². The molecule has 0 spiro atoms. The number of aromatic nitrogens is 1. The number of nitrogens with zero attached hydrogens (tertiary/aromatic N) is 2. The smallest absolute Gasteiger partial charge is 0.367 e. The molecule has 2 aromatic carbocycles. The Labute approximate surface area is 232 Å². The summed E-state index contributed by atoms with van der Waals surface area (Å²) in [5.41, 5.74) is 8.06. The van der Waals surface area contributed by atoms with E-state index < -0.39 is 17.6 Å². The molecule has 3 fully saturated rings. The van der Waals surface area contributed by atoms with Gasteiger partial charge in [-0.25, -0.2) is 4.98 Å². The fraction of sp³-hybridized carbons (Fsp3) is 0.419. The molecule has 6 rings (SSSR count). The monoisotopic (exact) mass is 549 g/mol. The second-order valence-corrected chi connectivity index (χ2v) is 11.4. The SMILES string of the molecule is NC(=O)c1cccc(-c2ccnc(N[C@@H]3CCCC[C@H]3N[C@H]3C[C@@H]4C[C@H]3N(c3ccc(C(F)(F)F)cc3)C4)c2)c1. The van der Waals surface area contributed by atoms with Crippen molar-refractivity contribution in [2.75, 3.05) is 16.8 Å². The van der Waals surface area contributed by atoms with Crippen LogP contribution in [0.25, 0.3) is 11.1 Å². The number of nitrogens with one attached hydrogen (secondary N) is 2. The van der Waals surface area contributed by atoms with Crippen molar-refractivity contribution in [3.63, 3.8) is 0 Å². The molecule has 2 aliphatic carbocycles. The number of fused-ring (bicyclic) bond motifs is 2. The lowest BCUT2D eigenvalue weighted by molar-refractivity contribution is -0.137. The van der Waals surface area contributed by atoms with Crippen LogP contribution in [0.3, 0.4) is 0 Å². The van der Waals surface area contributed by atoms with Crippen molar-refractivity contribution in [3.05, 3.63) is 78.0 Å². The zero-order valence-corrected chi connectivity index (χ0v) is 22.2. The predicted molar refractivity (Wildman–Crippen MR) is 150 cm³/mol. The van der Waals surface area contributed by atoms with E-state index in [1.54, 1.807) is 30.5 Å². The number of hydrogen-bond donors (Lipinski definition) is 3. The summed E-state index contributed by atoms with van der Waals surface area (Å²) in [6.07, 6.45) is 4.01. The minimum atomic E-state index is -4.32. The molecule has 6 nitrogen and oxygen atoms in total. The Hall–Kier alpha value is -3.59. The van der Waals surface area contributed by atoms with Crippen LogP contribution in [0.5, 0.6) is 0 Å². The molecule has 3 aliphatic rings. The van der Waals surface area contributed by atoms with E-state index in [0.717, 1.165) is 67.7 Å². The first kappa shape index (κ1) is 26.6. The Morgan fingerprint density at radius 1 is 0.925 bits per heavy atom. The van der Waals surface area contributed by atoms with Crippen LogP contribution in [0.1, 0.15) is 54.4 Å². The number of halogens is 3. The number of hydrogen-bond acceptors (Lipinski definition) is 5. The highest BCUT2D eigenvalue weighted by Gasteiger charge is 2.46.